The number of H-pyrrole nitrogens is 1. The van der Waals surface area contributed by atoms with E-state index in [-0.39, 0.29) is 5.41 Å². The van der Waals surface area contributed by atoms with E-state index in [0.717, 1.165) is 21.1 Å². The molecule has 0 aliphatic heterocycles. The van der Waals surface area contributed by atoms with E-state index in [1.54, 1.807) is 0 Å². The quantitative estimate of drug-likeness (QED) is 0.746. The summed E-state index contributed by atoms with van der Waals surface area (Å²) in [5.41, 5.74) is 2.17. The highest BCUT2D eigenvalue weighted by molar-refractivity contribution is 9.10. The summed E-state index contributed by atoms with van der Waals surface area (Å²) in [4.78, 5) is 3.32. The molecule has 0 saturated carbocycles. The first kappa shape index (κ1) is 10.6. The molecule has 0 saturated heterocycles. The van der Waals surface area contributed by atoms with Gasteiger partial charge in [-0.15, -0.1) is 0 Å². The molecule has 2 nitrogen and oxygen atoms in total. The molecule has 0 aliphatic rings. The topological polar surface area (TPSA) is 36.0 Å². The standard InChI is InChI=1S/C12H14BrNO/c1-12(2,3)10-6-7-9(14-10)5-4-8(13)11(7)15/h4-6,14-15H,1-3H3. The van der Waals surface area contributed by atoms with Crippen LogP contribution in [0.3, 0.4) is 0 Å². The second kappa shape index (κ2) is 3.27. The number of halogens is 1. The van der Waals surface area contributed by atoms with Crippen LogP contribution >= 0.6 is 15.9 Å². The third-order valence-corrected chi connectivity index (χ3v) is 3.17. The zero-order valence-corrected chi connectivity index (χ0v) is 10.6. The van der Waals surface area contributed by atoms with Gasteiger partial charge < -0.3 is 10.1 Å². The Kier molecular flexibility index (Phi) is 2.30. The van der Waals surface area contributed by atoms with Crippen LogP contribution in [-0.2, 0) is 5.41 Å². The first-order chi connectivity index (χ1) is 6.89. The number of aromatic nitrogens is 1. The molecule has 80 valence electrons. The van der Waals surface area contributed by atoms with Gasteiger partial charge in [-0.25, -0.2) is 0 Å². The van der Waals surface area contributed by atoms with E-state index in [1.165, 1.54) is 0 Å². The maximum Gasteiger partial charge on any atom is 0.139 e. The summed E-state index contributed by atoms with van der Waals surface area (Å²) in [7, 11) is 0. The fraction of sp³-hybridized carbons (Fsp3) is 0.333. The van der Waals surface area contributed by atoms with Crippen LogP contribution in [0.5, 0.6) is 5.75 Å². The summed E-state index contributed by atoms with van der Waals surface area (Å²) < 4.78 is 0.731. The minimum absolute atomic E-state index is 0.0674. The molecule has 3 heteroatoms. The Morgan fingerprint density at radius 1 is 1.27 bits per heavy atom. The molecule has 0 aliphatic carbocycles. The number of fused-ring (bicyclic) bond motifs is 1. The van der Waals surface area contributed by atoms with Crippen molar-refractivity contribution in [3.05, 3.63) is 28.4 Å². The summed E-state index contributed by atoms with van der Waals surface area (Å²) in [6.45, 7) is 6.43. The van der Waals surface area contributed by atoms with Crippen LogP contribution in [0.25, 0.3) is 10.9 Å². The average molecular weight is 268 g/mol. The van der Waals surface area contributed by atoms with Crippen LogP contribution in [0.1, 0.15) is 26.5 Å². The van der Waals surface area contributed by atoms with Gasteiger partial charge in [-0.05, 0) is 34.1 Å². The molecule has 2 N–H and O–H groups in total. The summed E-state index contributed by atoms with van der Waals surface area (Å²) in [5.74, 6) is 0.305. The Morgan fingerprint density at radius 2 is 1.93 bits per heavy atom. The van der Waals surface area contributed by atoms with Crippen LogP contribution in [0.2, 0.25) is 0 Å². The van der Waals surface area contributed by atoms with Crippen molar-refractivity contribution in [1.82, 2.24) is 4.98 Å². The van der Waals surface area contributed by atoms with Crippen molar-refractivity contribution in [3.63, 3.8) is 0 Å². The summed E-state index contributed by atoms with van der Waals surface area (Å²) in [6.07, 6.45) is 0. The van der Waals surface area contributed by atoms with Crippen LogP contribution in [0.15, 0.2) is 22.7 Å². The van der Waals surface area contributed by atoms with Gasteiger partial charge in [-0.3, -0.25) is 0 Å². The number of aromatic hydroxyl groups is 1. The van der Waals surface area contributed by atoms with Crippen molar-refractivity contribution < 1.29 is 5.11 Å². The minimum Gasteiger partial charge on any atom is -0.506 e. The van der Waals surface area contributed by atoms with E-state index in [0.29, 0.717) is 5.75 Å². The van der Waals surface area contributed by atoms with Crippen molar-refractivity contribution in [2.24, 2.45) is 0 Å². The number of phenolic OH excluding ortho intramolecular Hbond substituents is 1. The van der Waals surface area contributed by atoms with E-state index >= 15 is 0 Å². The molecule has 0 amide bonds. The van der Waals surface area contributed by atoms with Crippen LogP contribution in [-0.4, -0.2) is 10.1 Å². The van der Waals surface area contributed by atoms with Gasteiger partial charge >= 0.3 is 0 Å². The van der Waals surface area contributed by atoms with Gasteiger partial charge in [0.1, 0.15) is 5.75 Å². The van der Waals surface area contributed by atoms with Crippen LogP contribution in [0.4, 0.5) is 0 Å². The highest BCUT2D eigenvalue weighted by atomic mass is 79.9. The summed E-state index contributed by atoms with van der Waals surface area (Å²) >= 11 is 3.31. The minimum atomic E-state index is 0.0674. The number of hydrogen-bond donors (Lipinski definition) is 2. The average Bonchev–Trinajstić information content (AvgIpc) is 2.55. The molecule has 0 radical (unpaired) electrons. The van der Waals surface area contributed by atoms with Gasteiger partial charge in [0.25, 0.3) is 0 Å². The number of hydrogen-bond acceptors (Lipinski definition) is 1. The molecule has 15 heavy (non-hydrogen) atoms. The van der Waals surface area contributed by atoms with Crippen molar-refractivity contribution in [2.75, 3.05) is 0 Å². The van der Waals surface area contributed by atoms with Crippen molar-refractivity contribution in [3.8, 4) is 5.75 Å². The Hall–Kier alpha value is -0.960. The largest absolute Gasteiger partial charge is 0.506 e. The molecule has 1 heterocycles. The monoisotopic (exact) mass is 267 g/mol. The third kappa shape index (κ3) is 1.76. The van der Waals surface area contributed by atoms with E-state index in [9.17, 15) is 5.11 Å². The molecule has 1 aromatic carbocycles. The first-order valence-electron chi connectivity index (χ1n) is 4.90. The maximum absolute atomic E-state index is 9.87. The molecule has 0 spiro atoms. The van der Waals surface area contributed by atoms with E-state index in [1.807, 2.05) is 18.2 Å². The second-order valence-electron chi connectivity index (χ2n) is 4.79. The fourth-order valence-corrected chi connectivity index (χ4v) is 1.91. The molecule has 2 rings (SSSR count). The number of benzene rings is 1. The number of nitrogens with one attached hydrogen (secondary N) is 1. The lowest BCUT2D eigenvalue weighted by molar-refractivity contribution is 0.478. The zero-order valence-electron chi connectivity index (χ0n) is 9.06. The maximum atomic E-state index is 9.87. The molecule has 0 fully saturated rings. The molecular weight excluding hydrogens is 254 g/mol. The molecule has 2 aromatic rings. The lowest BCUT2D eigenvalue weighted by Gasteiger charge is -2.15. The Bertz CT molecular complexity index is 508. The predicted octanol–water partition coefficient (Wildman–Crippen LogP) is 3.93. The highest BCUT2D eigenvalue weighted by Gasteiger charge is 2.17. The summed E-state index contributed by atoms with van der Waals surface area (Å²) in [5, 5.41) is 10.7. The number of aromatic amines is 1. The predicted molar refractivity (Wildman–Crippen MR) is 66.4 cm³/mol. The number of rotatable bonds is 0. The lowest BCUT2D eigenvalue weighted by atomic mass is 9.92. The Morgan fingerprint density at radius 3 is 2.53 bits per heavy atom. The second-order valence-corrected chi connectivity index (χ2v) is 5.64. The first-order valence-corrected chi connectivity index (χ1v) is 5.69. The lowest BCUT2D eigenvalue weighted by Crippen LogP contribution is -2.10. The van der Waals surface area contributed by atoms with Gasteiger partial charge in [0.05, 0.1) is 4.47 Å². The van der Waals surface area contributed by atoms with E-state index in [2.05, 4.69) is 41.7 Å². The van der Waals surface area contributed by atoms with Gasteiger partial charge in [-0.1, -0.05) is 20.8 Å². The van der Waals surface area contributed by atoms with Crippen LogP contribution in [0, 0.1) is 0 Å². The van der Waals surface area contributed by atoms with Gasteiger partial charge in [0.15, 0.2) is 0 Å². The van der Waals surface area contributed by atoms with E-state index < -0.39 is 0 Å². The molecule has 0 unspecified atom stereocenters. The molecule has 0 bridgehead atoms. The zero-order chi connectivity index (χ0) is 11.2. The number of phenols is 1. The Balaban J connectivity index is 2.72. The SMILES string of the molecule is CC(C)(C)c1cc2c(O)c(Br)ccc2[nH]1. The molecule has 0 atom stereocenters. The normalized spacial score (nSPS) is 12.3. The van der Waals surface area contributed by atoms with Crippen molar-refractivity contribution in [1.29, 1.82) is 0 Å². The summed E-state index contributed by atoms with van der Waals surface area (Å²) in [6, 6.07) is 5.82. The Labute approximate surface area is 97.4 Å². The van der Waals surface area contributed by atoms with Gasteiger partial charge in [-0.2, -0.15) is 0 Å². The van der Waals surface area contributed by atoms with Crippen molar-refractivity contribution >= 4 is 26.8 Å². The van der Waals surface area contributed by atoms with Gasteiger partial charge in [0.2, 0.25) is 0 Å². The van der Waals surface area contributed by atoms with Crippen LogP contribution < -0.4 is 0 Å². The smallest absolute Gasteiger partial charge is 0.139 e. The van der Waals surface area contributed by atoms with E-state index in [4.69, 9.17) is 0 Å². The molecular formula is C12H14BrNO. The molecule has 1 aromatic heterocycles. The third-order valence-electron chi connectivity index (χ3n) is 2.53. The highest BCUT2D eigenvalue weighted by Crippen LogP contribution is 2.35. The van der Waals surface area contributed by atoms with Crippen molar-refractivity contribution in [2.45, 2.75) is 26.2 Å². The fourth-order valence-electron chi connectivity index (χ4n) is 1.57. The van der Waals surface area contributed by atoms with Gasteiger partial charge in [0, 0.05) is 22.0 Å².